The Bertz CT molecular complexity index is 231. The van der Waals surface area contributed by atoms with Gasteiger partial charge < -0.3 is 15.2 Å². The van der Waals surface area contributed by atoms with E-state index < -0.39 is 5.97 Å². The minimum atomic E-state index is -0.547. The Morgan fingerprint density at radius 3 is 2.50 bits per heavy atom. The zero-order valence-electron chi connectivity index (χ0n) is 8.41. The van der Waals surface area contributed by atoms with Gasteiger partial charge in [0.25, 0.3) is 0 Å². The second-order valence-corrected chi connectivity index (χ2v) is 2.61. The van der Waals surface area contributed by atoms with Gasteiger partial charge in [0.1, 0.15) is 6.61 Å². The van der Waals surface area contributed by atoms with Crippen LogP contribution < -0.4 is 5.73 Å². The van der Waals surface area contributed by atoms with Gasteiger partial charge in [0.2, 0.25) is 0 Å². The first-order chi connectivity index (χ1) is 6.56. The molecule has 0 unspecified atom stereocenters. The van der Waals surface area contributed by atoms with Crippen LogP contribution in [0.2, 0.25) is 0 Å². The number of hydrogen-bond donors (Lipinski definition) is 1. The maximum absolute atomic E-state index is 10.9. The molecular weight excluding hydrogens is 186 g/mol. The summed E-state index contributed by atoms with van der Waals surface area (Å²) >= 11 is 0. The summed E-state index contributed by atoms with van der Waals surface area (Å²) in [5.41, 5.74) is 5.61. The van der Waals surface area contributed by atoms with Crippen LogP contribution in [0.1, 0.15) is 20.3 Å². The highest BCUT2D eigenvalue weighted by atomic mass is 16.5. The summed E-state index contributed by atoms with van der Waals surface area (Å²) in [6, 6.07) is 0. The number of nitrogens with two attached hydrogens (primary N) is 1. The van der Waals surface area contributed by atoms with Gasteiger partial charge in [-0.2, -0.15) is 0 Å². The standard InChI is InChI=1S/C9H15NO4/c1-3-13-8(11)4-5-14-9(12)6-7(2)10/h6H,3-5,10H2,1-2H3/b7-6-. The number of rotatable bonds is 5. The predicted octanol–water partition coefficient (Wildman–Crippen LogP) is 0.345. The summed E-state index contributed by atoms with van der Waals surface area (Å²) in [7, 11) is 0. The Balaban J connectivity index is 3.59. The van der Waals surface area contributed by atoms with Gasteiger partial charge in [-0.05, 0) is 13.8 Å². The van der Waals surface area contributed by atoms with Crippen molar-refractivity contribution >= 4 is 11.9 Å². The van der Waals surface area contributed by atoms with Gasteiger partial charge in [-0.1, -0.05) is 0 Å². The molecule has 0 saturated carbocycles. The lowest BCUT2D eigenvalue weighted by atomic mass is 10.4. The SMILES string of the molecule is CCOC(=O)CCOC(=O)/C=C(/C)N. The smallest absolute Gasteiger partial charge is 0.332 e. The van der Waals surface area contributed by atoms with E-state index in [0.717, 1.165) is 6.08 Å². The van der Waals surface area contributed by atoms with Crippen LogP contribution in [0.15, 0.2) is 11.8 Å². The minimum Gasteiger partial charge on any atom is -0.466 e. The summed E-state index contributed by atoms with van der Waals surface area (Å²) in [6.07, 6.45) is 1.22. The molecule has 14 heavy (non-hydrogen) atoms. The van der Waals surface area contributed by atoms with Crippen LogP contribution in [-0.2, 0) is 19.1 Å². The molecule has 0 amide bonds. The molecule has 0 aromatic carbocycles. The van der Waals surface area contributed by atoms with Crippen LogP contribution in [0.3, 0.4) is 0 Å². The van der Waals surface area contributed by atoms with Gasteiger partial charge in [0.15, 0.2) is 0 Å². The molecule has 0 aromatic rings. The number of carbonyl (C=O) groups is 2. The molecule has 5 nitrogen and oxygen atoms in total. The van der Waals surface area contributed by atoms with Gasteiger partial charge >= 0.3 is 11.9 Å². The predicted molar refractivity (Wildman–Crippen MR) is 50.2 cm³/mol. The summed E-state index contributed by atoms with van der Waals surface area (Å²) in [4.78, 5) is 21.7. The van der Waals surface area contributed by atoms with E-state index in [1.54, 1.807) is 13.8 Å². The molecule has 0 bridgehead atoms. The van der Waals surface area contributed by atoms with E-state index in [-0.39, 0.29) is 19.0 Å². The van der Waals surface area contributed by atoms with E-state index in [0.29, 0.717) is 12.3 Å². The van der Waals surface area contributed by atoms with Crippen LogP contribution in [0.4, 0.5) is 0 Å². The van der Waals surface area contributed by atoms with Crippen molar-refractivity contribution in [2.45, 2.75) is 20.3 Å². The van der Waals surface area contributed by atoms with Crippen molar-refractivity contribution in [3.05, 3.63) is 11.8 Å². The Hall–Kier alpha value is -1.52. The molecule has 0 aliphatic heterocycles. The molecule has 0 fully saturated rings. The quantitative estimate of drug-likeness (QED) is 0.512. The molecule has 0 radical (unpaired) electrons. The van der Waals surface area contributed by atoms with Gasteiger partial charge in [0, 0.05) is 11.8 Å². The highest BCUT2D eigenvalue weighted by molar-refractivity contribution is 5.82. The zero-order valence-corrected chi connectivity index (χ0v) is 8.41. The van der Waals surface area contributed by atoms with Crippen molar-refractivity contribution in [1.82, 2.24) is 0 Å². The van der Waals surface area contributed by atoms with Crippen LogP contribution in [0.25, 0.3) is 0 Å². The van der Waals surface area contributed by atoms with Crippen LogP contribution in [0.5, 0.6) is 0 Å². The maximum Gasteiger partial charge on any atom is 0.332 e. The molecule has 0 aliphatic rings. The zero-order chi connectivity index (χ0) is 11.0. The fourth-order valence-corrected chi connectivity index (χ4v) is 0.696. The molecule has 0 heterocycles. The Labute approximate surface area is 82.9 Å². The van der Waals surface area contributed by atoms with Crippen molar-refractivity contribution < 1.29 is 19.1 Å². The molecule has 0 saturated heterocycles. The highest BCUT2D eigenvalue weighted by Crippen LogP contribution is 1.91. The Morgan fingerprint density at radius 1 is 1.36 bits per heavy atom. The van der Waals surface area contributed by atoms with E-state index in [4.69, 9.17) is 5.73 Å². The number of ether oxygens (including phenoxy) is 2. The van der Waals surface area contributed by atoms with Gasteiger partial charge in [-0.15, -0.1) is 0 Å². The lowest BCUT2D eigenvalue weighted by molar-refractivity contribution is -0.146. The topological polar surface area (TPSA) is 78.6 Å². The van der Waals surface area contributed by atoms with E-state index >= 15 is 0 Å². The van der Waals surface area contributed by atoms with Gasteiger partial charge in [0.05, 0.1) is 13.0 Å². The summed E-state index contributed by atoms with van der Waals surface area (Å²) < 4.78 is 9.31. The largest absolute Gasteiger partial charge is 0.466 e. The number of allylic oxidation sites excluding steroid dienone is 1. The van der Waals surface area contributed by atoms with Crippen LogP contribution in [-0.4, -0.2) is 25.2 Å². The highest BCUT2D eigenvalue weighted by Gasteiger charge is 2.03. The number of carbonyl (C=O) groups excluding carboxylic acids is 2. The third-order valence-electron chi connectivity index (χ3n) is 1.20. The van der Waals surface area contributed by atoms with E-state index in [9.17, 15) is 9.59 Å². The van der Waals surface area contributed by atoms with Crippen molar-refractivity contribution in [2.75, 3.05) is 13.2 Å². The molecule has 0 aliphatic carbocycles. The Kier molecular flexibility index (Phi) is 6.19. The lowest BCUT2D eigenvalue weighted by Gasteiger charge is -2.02. The van der Waals surface area contributed by atoms with E-state index in [2.05, 4.69) is 9.47 Å². The molecule has 0 spiro atoms. The fraction of sp³-hybridized carbons (Fsp3) is 0.556. The van der Waals surface area contributed by atoms with E-state index in [1.807, 2.05) is 0 Å². The molecule has 0 rings (SSSR count). The first-order valence-corrected chi connectivity index (χ1v) is 4.32. The van der Waals surface area contributed by atoms with Crippen molar-refractivity contribution in [1.29, 1.82) is 0 Å². The second-order valence-electron chi connectivity index (χ2n) is 2.61. The summed E-state index contributed by atoms with van der Waals surface area (Å²) in [5.74, 6) is -0.928. The number of esters is 2. The first kappa shape index (κ1) is 12.5. The van der Waals surface area contributed by atoms with Crippen molar-refractivity contribution in [3.63, 3.8) is 0 Å². The summed E-state index contributed by atoms with van der Waals surface area (Å²) in [6.45, 7) is 3.63. The summed E-state index contributed by atoms with van der Waals surface area (Å²) in [5, 5.41) is 0. The average Bonchev–Trinajstić information content (AvgIpc) is 2.02. The average molecular weight is 201 g/mol. The van der Waals surface area contributed by atoms with Crippen LogP contribution >= 0.6 is 0 Å². The monoisotopic (exact) mass is 201 g/mol. The van der Waals surface area contributed by atoms with E-state index in [1.165, 1.54) is 0 Å². The fourth-order valence-electron chi connectivity index (χ4n) is 0.696. The molecule has 0 atom stereocenters. The maximum atomic E-state index is 10.9. The molecule has 80 valence electrons. The molecular formula is C9H15NO4. The van der Waals surface area contributed by atoms with Crippen molar-refractivity contribution in [3.8, 4) is 0 Å². The third-order valence-corrected chi connectivity index (χ3v) is 1.20. The molecule has 2 N–H and O–H groups in total. The van der Waals surface area contributed by atoms with Crippen molar-refractivity contribution in [2.24, 2.45) is 5.73 Å². The second kappa shape index (κ2) is 6.94. The van der Waals surface area contributed by atoms with Gasteiger partial charge in [-0.25, -0.2) is 4.79 Å². The molecule has 5 heteroatoms. The third kappa shape index (κ3) is 7.15. The van der Waals surface area contributed by atoms with Gasteiger partial charge in [-0.3, -0.25) is 4.79 Å². The first-order valence-electron chi connectivity index (χ1n) is 4.32. The van der Waals surface area contributed by atoms with Crippen LogP contribution in [0, 0.1) is 0 Å². The minimum absolute atomic E-state index is 0.0153. The normalized spacial score (nSPS) is 10.9. The lowest BCUT2D eigenvalue weighted by Crippen LogP contribution is -2.11. The molecule has 0 aromatic heterocycles. The Morgan fingerprint density at radius 2 is 2.00 bits per heavy atom. The number of hydrogen-bond acceptors (Lipinski definition) is 5.